The van der Waals surface area contributed by atoms with E-state index in [4.69, 9.17) is 4.42 Å². The van der Waals surface area contributed by atoms with Crippen LogP contribution in [0.2, 0.25) is 0 Å². The Kier molecular flexibility index (Phi) is 4.13. The summed E-state index contributed by atoms with van der Waals surface area (Å²) in [4.78, 5) is 0.264. The predicted octanol–water partition coefficient (Wildman–Crippen LogP) is 3.39. The van der Waals surface area contributed by atoms with Gasteiger partial charge in [-0.15, -0.1) is 0 Å². The second-order valence-corrected chi connectivity index (χ2v) is 6.87. The van der Waals surface area contributed by atoms with Crippen LogP contribution in [-0.2, 0) is 10.0 Å². The third-order valence-electron chi connectivity index (χ3n) is 2.74. The monoisotopic (exact) mass is 343 g/mol. The number of aryl methyl sites for hydroxylation is 1. The third-order valence-corrected chi connectivity index (χ3v) is 4.92. The Bertz CT molecular complexity index is 665. The molecule has 0 spiro atoms. The summed E-state index contributed by atoms with van der Waals surface area (Å²) in [5.74, 6) is 0.580. The number of rotatable bonds is 4. The second-order valence-electron chi connectivity index (χ2n) is 4.27. The van der Waals surface area contributed by atoms with E-state index in [1.165, 1.54) is 6.26 Å². The van der Waals surface area contributed by atoms with Crippen LogP contribution in [0.3, 0.4) is 0 Å². The molecule has 0 amide bonds. The summed E-state index contributed by atoms with van der Waals surface area (Å²) in [5.41, 5.74) is 0.697. The Hall–Kier alpha value is -1.11. The molecule has 0 radical (unpaired) electrons. The zero-order valence-corrected chi connectivity index (χ0v) is 13.0. The van der Waals surface area contributed by atoms with E-state index < -0.39 is 16.1 Å². The van der Waals surface area contributed by atoms with Crippen molar-refractivity contribution in [1.82, 2.24) is 4.72 Å². The molecule has 0 aliphatic heterocycles. The average molecular weight is 344 g/mol. The molecule has 19 heavy (non-hydrogen) atoms. The Labute approximate surface area is 121 Å². The van der Waals surface area contributed by atoms with E-state index in [9.17, 15) is 8.42 Å². The summed E-state index contributed by atoms with van der Waals surface area (Å²) in [6.45, 7) is 3.50. The number of hydrogen-bond acceptors (Lipinski definition) is 3. The van der Waals surface area contributed by atoms with Gasteiger partial charge in [-0.3, -0.25) is 0 Å². The van der Waals surface area contributed by atoms with Crippen molar-refractivity contribution in [2.75, 3.05) is 0 Å². The van der Waals surface area contributed by atoms with Crippen LogP contribution in [0.15, 0.2) is 50.4 Å². The van der Waals surface area contributed by atoms with E-state index in [0.29, 0.717) is 11.3 Å². The molecule has 2 rings (SSSR count). The molecule has 0 bridgehead atoms. The Morgan fingerprint density at radius 2 is 2.05 bits per heavy atom. The highest BCUT2D eigenvalue weighted by atomic mass is 79.9. The fourth-order valence-electron chi connectivity index (χ4n) is 1.76. The molecule has 1 unspecified atom stereocenters. The second kappa shape index (κ2) is 5.48. The summed E-state index contributed by atoms with van der Waals surface area (Å²) in [7, 11) is -3.58. The number of hydrogen-bond donors (Lipinski definition) is 1. The fraction of sp³-hybridized carbons (Fsp3) is 0.231. The van der Waals surface area contributed by atoms with E-state index in [1.54, 1.807) is 38.1 Å². The minimum Gasteiger partial charge on any atom is -0.468 e. The van der Waals surface area contributed by atoms with E-state index >= 15 is 0 Å². The molecule has 1 aromatic heterocycles. The molecule has 1 heterocycles. The maximum absolute atomic E-state index is 12.3. The van der Waals surface area contributed by atoms with Crippen LogP contribution in [-0.4, -0.2) is 8.42 Å². The van der Waals surface area contributed by atoms with Gasteiger partial charge in [0.1, 0.15) is 5.76 Å². The van der Waals surface area contributed by atoms with Crippen molar-refractivity contribution >= 4 is 26.0 Å². The third kappa shape index (κ3) is 3.26. The average Bonchev–Trinajstić information content (AvgIpc) is 2.85. The van der Waals surface area contributed by atoms with Crippen LogP contribution in [0.1, 0.15) is 24.3 Å². The van der Waals surface area contributed by atoms with Gasteiger partial charge in [-0.2, -0.15) is 0 Å². The van der Waals surface area contributed by atoms with Crippen molar-refractivity contribution < 1.29 is 12.8 Å². The first-order valence-corrected chi connectivity index (χ1v) is 7.99. The molecular formula is C13H14BrNO3S. The molecule has 0 fully saturated rings. The van der Waals surface area contributed by atoms with Crippen LogP contribution >= 0.6 is 15.9 Å². The molecule has 0 saturated heterocycles. The van der Waals surface area contributed by atoms with Gasteiger partial charge in [0.05, 0.1) is 17.2 Å². The topological polar surface area (TPSA) is 59.3 Å². The highest BCUT2D eigenvalue weighted by Gasteiger charge is 2.21. The lowest BCUT2D eigenvalue weighted by atomic mass is 10.2. The van der Waals surface area contributed by atoms with E-state index in [1.807, 2.05) is 6.07 Å². The summed E-state index contributed by atoms with van der Waals surface area (Å²) in [6.07, 6.45) is 1.52. The summed E-state index contributed by atoms with van der Waals surface area (Å²) in [5, 5.41) is 0. The van der Waals surface area contributed by atoms with E-state index in [-0.39, 0.29) is 4.90 Å². The molecule has 1 aromatic carbocycles. The maximum Gasteiger partial charge on any atom is 0.241 e. The van der Waals surface area contributed by atoms with Gasteiger partial charge in [0.15, 0.2) is 0 Å². The Morgan fingerprint density at radius 1 is 1.32 bits per heavy atom. The van der Waals surface area contributed by atoms with Crippen molar-refractivity contribution in [3.05, 3.63) is 52.4 Å². The van der Waals surface area contributed by atoms with Crippen molar-refractivity contribution in [3.63, 3.8) is 0 Å². The minimum atomic E-state index is -3.58. The van der Waals surface area contributed by atoms with Gasteiger partial charge in [-0.05, 0) is 43.7 Å². The molecule has 4 nitrogen and oxygen atoms in total. The van der Waals surface area contributed by atoms with Gasteiger partial charge in [0.25, 0.3) is 0 Å². The molecule has 0 saturated carbocycles. The molecule has 6 heteroatoms. The van der Waals surface area contributed by atoms with Crippen molar-refractivity contribution in [2.24, 2.45) is 0 Å². The first-order valence-electron chi connectivity index (χ1n) is 5.72. The zero-order chi connectivity index (χ0) is 14.0. The number of furan rings is 1. The zero-order valence-electron chi connectivity index (χ0n) is 10.6. The molecule has 1 atom stereocenters. The lowest BCUT2D eigenvalue weighted by Gasteiger charge is -2.14. The first kappa shape index (κ1) is 14.3. The minimum absolute atomic E-state index is 0.264. The Balaban J connectivity index is 2.30. The highest BCUT2D eigenvalue weighted by molar-refractivity contribution is 9.10. The van der Waals surface area contributed by atoms with E-state index in [0.717, 1.165) is 4.47 Å². The lowest BCUT2D eigenvalue weighted by molar-refractivity contribution is 0.459. The van der Waals surface area contributed by atoms with Crippen molar-refractivity contribution in [2.45, 2.75) is 24.8 Å². The molecule has 0 aliphatic carbocycles. The van der Waals surface area contributed by atoms with Gasteiger partial charge in [0.2, 0.25) is 10.0 Å². The maximum atomic E-state index is 12.3. The summed E-state index contributed by atoms with van der Waals surface area (Å²) in [6, 6.07) is 8.21. The normalized spacial score (nSPS) is 13.4. The molecular weight excluding hydrogens is 330 g/mol. The summed E-state index contributed by atoms with van der Waals surface area (Å²) >= 11 is 3.28. The summed E-state index contributed by atoms with van der Waals surface area (Å²) < 4.78 is 33.2. The van der Waals surface area contributed by atoms with E-state index in [2.05, 4.69) is 20.7 Å². The van der Waals surface area contributed by atoms with Crippen LogP contribution in [0.25, 0.3) is 0 Å². The first-order chi connectivity index (χ1) is 8.90. The molecule has 2 aromatic rings. The molecule has 0 aliphatic rings. The van der Waals surface area contributed by atoms with Gasteiger partial charge in [-0.25, -0.2) is 13.1 Å². The fourth-order valence-corrected chi connectivity index (χ4v) is 3.75. The van der Waals surface area contributed by atoms with Crippen LogP contribution in [0.5, 0.6) is 0 Å². The van der Waals surface area contributed by atoms with Crippen LogP contribution in [0.4, 0.5) is 0 Å². The van der Waals surface area contributed by atoms with Crippen LogP contribution in [0, 0.1) is 6.92 Å². The van der Waals surface area contributed by atoms with Gasteiger partial charge in [-0.1, -0.05) is 22.0 Å². The smallest absolute Gasteiger partial charge is 0.241 e. The lowest BCUT2D eigenvalue weighted by Crippen LogP contribution is -2.27. The standard InChI is InChI=1S/C13H14BrNO3S/c1-9-5-6-11(14)8-13(9)19(16,17)15-10(2)12-4-3-7-18-12/h3-8,10,15H,1-2H3. The number of sulfonamides is 1. The SMILES string of the molecule is Cc1ccc(Br)cc1S(=O)(=O)NC(C)c1ccco1. The Morgan fingerprint density at radius 3 is 2.68 bits per heavy atom. The van der Waals surface area contributed by atoms with Gasteiger partial charge < -0.3 is 4.42 Å². The number of benzene rings is 1. The quantitative estimate of drug-likeness (QED) is 0.925. The number of nitrogens with one attached hydrogen (secondary N) is 1. The predicted molar refractivity (Wildman–Crippen MR) is 76.3 cm³/mol. The largest absolute Gasteiger partial charge is 0.468 e. The van der Waals surface area contributed by atoms with Gasteiger partial charge >= 0.3 is 0 Å². The van der Waals surface area contributed by atoms with Gasteiger partial charge in [0, 0.05) is 4.47 Å². The van der Waals surface area contributed by atoms with Crippen molar-refractivity contribution in [3.8, 4) is 0 Å². The molecule has 1 N–H and O–H groups in total. The van der Waals surface area contributed by atoms with Crippen LogP contribution < -0.4 is 4.72 Å². The van der Waals surface area contributed by atoms with Crippen molar-refractivity contribution in [1.29, 1.82) is 0 Å². The highest BCUT2D eigenvalue weighted by Crippen LogP contribution is 2.23. The molecule has 102 valence electrons. The number of halogens is 1.